The molecule has 104 valence electrons. The number of amides is 1. The Bertz CT molecular complexity index is 404. The van der Waals surface area contributed by atoms with Gasteiger partial charge in [-0.1, -0.05) is 37.3 Å². The Morgan fingerprint density at radius 3 is 2.84 bits per heavy atom. The van der Waals surface area contributed by atoms with Crippen molar-refractivity contribution in [3.63, 3.8) is 0 Å². The highest BCUT2D eigenvalue weighted by molar-refractivity contribution is 5.79. The summed E-state index contributed by atoms with van der Waals surface area (Å²) in [6, 6.07) is 10.6. The van der Waals surface area contributed by atoms with Crippen molar-refractivity contribution in [1.29, 1.82) is 0 Å². The van der Waals surface area contributed by atoms with E-state index in [9.17, 15) is 4.79 Å². The van der Waals surface area contributed by atoms with Gasteiger partial charge in [0.15, 0.2) is 0 Å². The lowest BCUT2D eigenvalue weighted by Gasteiger charge is -2.28. The predicted molar refractivity (Wildman–Crippen MR) is 77.6 cm³/mol. The fourth-order valence-electron chi connectivity index (χ4n) is 2.88. The highest BCUT2D eigenvalue weighted by Gasteiger charge is 2.31. The first-order valence-corrected chi connectivity index (χ1v) is 7.29. The summed E-state index contributed by atoms with van der Waals surface area (Å²) in [4.78, 5) is 14.6. The molecule has 2 N–H and O–H groups in total. The molecule has 1 aromatic carbocycles. The van der Waals surface area contributed by atoms with Crippen molar-refractivity contribution in [1.82, 2.24) is 4.90 Å². The second-order valence-electron chi connectivity index (χ2n) is 5.43. The van der Waals surface area contributed by atoms with Crippen molar-refractivity contribution < 1.29 is 4.79 Å². The zero-order chi connectivity index (χ0) is 13.7. The molecule has 1 aromatic rings. The standard InChI is InChI=1S/C16H24N2O/c1-13(7-5-11-17)16(19)18-12-6-10-15(18)14-8-3-2-4-9-14/h2-4,8-9,13,15H,5-7,10-12,17H2,1H3. The van der Waals surface area contributed by atoms with Gasteiger partial charge in [-0.15, -0.1) is 0 Å². The lowest BCUT2D eigenvalue weighted by molar-refractivity contribution is -0.136. The maximum absolute atomic E-state index is 12.5. The van der Waals surface area contributed by atoms with Crippen LogP contribution in [-0.4, -0.2) is 23.9 Å². The lowest BCUT2D eigenvalue weighted by atomic mass is 10.0. The molecule has 0 saturated carbocycles. The molecule has 1 aliphatic heterocycles. The summed E-state index contributed by atoms with van der Waals surface area (Å²) in [6.45, 7) is 3.59. The van der Waals surface area contributed by atoms with Crippen LogP contribution in [0.25, 0.3) is 0 Å². The van der Waals surface area contributed by atoms with Gasteiger partial charge in [0, 0.05) is 12.5 Å². The molecule has 2 unspecified atom stereocenters. The van der Waals surface area contributed by atoms with E-state index >= 15 is 0 Å². The zero-order valence-corrected chi connectivity index (χ0v) is 11.7. The molecule has 0 radical (unpaired) electrons. The minimum Gasteiger partial charge on any atom is -0.335 e. The van der Waals surface area contributed by atoms with E-state index < -0.39 is 0 Å². The number of hydrogen-bond acceptors (Lipinski definition) is 2. The van der Waals surface area contributed by atoms with E-state index in [1.54, 1.807) is 0 Å². The third-order valence-corrected chi connectivity index (χ3v) is 3.98. The molecule has 0 aromatic heterocycles. The number of carbonyl (C=O) groups is 1. The SMILES string of the molecule is CC(CCCN)C(=O)N1CCCC1c1ccccc1. The van der Waals surface area contributed by atoms with Gasteiger partial charge in [-0.3, -0.25) is 4.79 Å². The molecule has 0 aliphatic carbocycles. The Morgan fingerprint density at radius 2 is 2.16 bits per heavy atom. The lowest BCUT2D eigenvalue weighted by Crippen LogP contribution is -2.34. The molecule has 19 heavy (non-hydrogen) atoms. The van der Waals surface area contributed by atoms with Crippen molar-refractivity contribution in [3.05, 3.63) is 35.9 Å². The minimum atomic E-state index is 0.0906. The smallest absolute Gasteiger partial charge is 0.225 e. The van der Waals surface area contributed by atoms with Crippen molar-refractivity contribution in [3.8, 4) is 0 Å². The largest absolute Gasteiger partial charge is 0.335 e. The molecule has 2 rings (SSSR count). The van der Waals surface area contributed by atoms with Crippen molar-refractivity contribution in [2.75, 3.05) is 13.1 Å². The third-order valence-electron chi connectivity index (χ3n) is 3.98. The molecular formula is C16H24N2O. The Morgan fingerprint density at radius 1 is 1.42 bits per heavy atom. The van der Waals surface area contributed by atoms with Gasteiger partial charge in [-0.25, -0.2) is 0 Å². The van der Waals surface area contributed by atoms with Crippen LogP contribution < -0.4 is 5.73 Å². The van der Waals surface area contributed by atoms with Crippen LogP contribution in [-0.2, 0) is 4.79 Å². The number of nitrogens with two attached hydrogens (primary N) is 1. The van der Waals surface area contributed by atoms with Crippen LogP contribution in [0.5, 0.6) is 0 Å². The molecule has 2 atom stereocenters. The fraction of sp³-hybridized carbons (Fsp3) is 0.562. The Labute approximate surface area is 115 Å². The third kappa shape index (κ3) is 3.35. The highest BCUT2D eigenvalue weighted by atomic mass is 16.2. The summed E-state index contributed by atoms with van der Waals surface area (Å²) in [5.41, 5.74) is 6.79. The van der Waals surface area contributed by atoms with E-state index in [1.165, 1.54) is 5.56 Å². The second kappa shape index (κ2) is 6.71. The van der Waals surface area contributed by atoms with E-state index in [0.29, 0.717) is 12.5 Å². The fourth-order valence-corrected chi connectivity index (χ4v) is 2.88. The monoisotopic (exact) mass is 260 g/mol. The second-order valence-corrected chi connectivity index (χ2v) is 5.43. The van der Waals surface area contributed by atoms with Crippen LogP contribution in [0, 0.1) is 5.92 Å². The summed E-state index contributed by atoms with van der Waals surface area (Å²) in [5.74, 6) is 0.382. The molecule has 0 spiro atoms. The molecular weight excluding hydrogens is 236 g/mol. The van der Waals surface area contributed by atoms with E-state index in [2.05, 4.69) is 17.0 Å². The average molecular weight is 260 g/mol. The van der Waals surface area contributed by atoms with Gasteiger partial charge in [0.1, 0.15) is 0 Å². The van der Waals surface area contributed by atoms with Crippen molar-refractivity contribution in [2.24, 2.45) is 11.7 Å². The van der Waals surface area contributed by atoms with Gasteiger partial charge >= 0.3 is 0 Å². The minimum absolute atomic E-state index is 0.0906. The number of benzene rings is 1. The quantitative estimate of drug-likeness (QED) is 0.884. The molecule has 1 fully saturated rings. The van der Waals surface area contributed by atoms with E-state index in [0.717, 1.165) is 32.2 Å². The van der Waals surface area contributed by atoms with Crippen LogP contribution in [0.1, 0.15) is 44.2 Å². The first-order valence-electron chi connectivity index (χ1n) is 7.29. The number of carbonyl (C=O) groups excluding carboxylic acids is 1. The summed E-state index contributed by atoms with van der Waals surface area (Å²) in [5, 5.41) is 0. The topological polar surface area (TPSA) is 46.3 Å². The van der Waals surface area contributed by atoms with Gasteiger partial charge in [0.05, 0.1) is 6.04 Å². The van der Waals surface area contributed by atoms with Crippen LogP contribution in [0.2, 0.25) is 0 Å². The Balaban J connectivity index is 2.04. The van der Waals surface area contributed by atoms with E-state index in [1.807, 2.05) is 25.1 Å². The first-order chi connectivity index (χ1) is 9.24. The zero-order valence-electron chi connectivity index (χ0n) is 11.7. The molecule has 1 amide bonds. The van der Waals surface area contributed by atoms with Gasteiger partial charge in [-0.05, 0) is 37.8 Å². The summed E-state index contributed by atoms with van der Waals surface area (Å²) >= 11 is 0. The average Bonchev–Trinajstić information content (AvgIpc) is 2.94. The highest BCUT2D eigenvalue weighted by Crippen LogP contribution is 2.33. The Kier molecular flexibility index (Phi) is 4.97. The number of rotatable bonds is 5. The van der Waals surface area contributed by atoms with E-state index in [-0.39, 0.29) is 12.0 Å². The van der Waals surface area contributed by atoms with Crippen molar-refractivity contribution in [2.45, 2.75) is 38.6 Å². The molecule has 3 nitrogen and oxygen atoms in total. The van der Waals surface area contributed by atoms with Gasteiger partial charge in [-0.2, -0.15) is 0 Å². The Hall–Kier alpha value is -1.35. The molecule has 1 aliphatic rings. The number of nitrogens with zero attached hydrogens (tertiary/aromatic N) is 1. The maximum atomic E-state index is 12.5. The molecule has 1 saturated heterocycles. The molecule has 1 heterocycles. The number of likely N-dealkylation sites (tertiary alicyclic amines) is 1. The van der Waals surface area contributed by atoms with Gasteiger partial charge in [0.2, 0.25) is 5.91 Å². The van der Waals surface area contributed by atoms with Crippen LogP contribution in [0.3, 0.4) is 0 Å². The van der Waals surface area contributed by atoms with Gasteiger partial charge < -0.3 is 10.6 Å². The predicted octanol–water partition coefficient (Wildman–Crippen LogP) is 2.73. The van der Waals surface area contributed by atoms with Crippen LogP contribution >= 0.6 is 0 Å². The first kappa shape index (κ1) is 14.1. The van der Waals surface area contributed by atoms with E-state index in [4.69, 9.17) is 5.73 Å². The maximum Gasteiger partial charge on any atom is 0.225 e. The van der Waals surface area contributed by atoms with Crippen LogP contribution in [0.4, 0.5) is 0 Å². The summed E-state index contributed by atoms with van der Waals surface area (Å²) in [6.07, 6.45) is 4.01. The number of hydrogen-bond donors (Lipinski definition) is 1. The molecule has 3 heteroatoms. The van der Waals surface area contributed by atoms with Crippen LogP contribution in [0.15, 0.2) is 30.3 Å². The van der Waals surface area contributed by atoms with Crippen molar-refractivity contribution >= 4 is 5.91 Å². The summed E-state index contributed by atoms with van der Waals surface area (Å²) < 4.78 is 0. The van der Waals surface area contributed by atoms with Gasteiger partial charge in [0.25, 0.3) is 0 Å². The summed E-state index contributed by atoms with van der Waals surface area (Å²) in [7, 11) is 0. The normalized spacial score (nSPS) is 20.5. The molecule has 0 bridgehead atoms.